The molecular weight excluding hydrogens is 551 g/mol. The second-order valence-corrected chi connectivity index (χ2v) is 12.6. The smallest absolute Gasteiger partial charge is 0.459 e. The standard InChI is InChI=1S/C29H39N2O9P/c1-18(2)36-28(33)19(3)31-41(34,40-22-12-7-6-8-13-22)35-17-24-26-25(38-29(4,5)39-26)23(37-24)16-20-10-9-11-21(15-14-20)27(30)32/h6-13,15,18-19,23-26H,14,16-17H2,1-5H3,(H2,30,32)(H,31,34)/t19-,23-,24?,25-,26+,41?/m0/s1. The van der Waals surface area contributed by atoms with E-state index in [1.165, 1.54) is 6.92 Å². The van der Waals surface area contributed by atoms with Gasteiger partial charge in [0.1, 0.15) is 30.1 Å². The van der Waals surface area contributed by atoms with E-state index in [-0.39, 0.29) is 18.8 Å². The molecule has 12 heteroatoms. The van der Waals surface area contributed by atoms with Gasteiger partial charge in [0, 0.05) is 5.57 Å². The van der Waals surface area contributed by atoms with Gasteiger partial charge in [0.2, 0.25) is 5.91 Å². The maximum atomic E-state index is 13.9. The first-order valence-electron chi connectivity index (χ1n) is 13.7. The number of hydrogen-bond acceptors (Lipinski definition) is 9. The van der Waals surface area contributed by atoms with E-state index in [0.717, 1.165) is 5.57 Å². The first kappa shape index (κ1) is 31.2. The molecule has 1 aromatic carbocycles. The first-order chi connectivity index (χ1) is 19.3. The van der Waals surface area contributed by atoms with Crippen LogP contribution in [0.25, 0.3) is 0 Å². The quantitative estimate of drug-likeness (QED) is 0.270. The van der Waals surface area contributed by atoms with E-state index in [2.05, 4.69) is 5.09 Å². The third-order valence-electron chi connectivity index (χ3n) is 6.62. The monoisotopic (exact) mass is 590 g/mol. The molecule has 0 radical (unpaired) electrons. The Hall–Kier alpha value is -2.79. The lowest BCUT2D eigenvalue weighted by Gasteiger charge is -2.27. The molecule has 1 aliphatic carbocycles. The lowest BCUT2D eigenvalue weighted by molar-refractivity contribution is -0.189. The Balaban J connectivity index is 1.48. The number of primary amides is 1. The number of hydrogen-bond donors (Lipinski definition) is 2. The zero-order chi connectivity index (χ0) is 29.8. The fourth-order valence-corrected chi connectivity index (χ4v) is 6.34. The summed E-state index contributed by atoms with van der Waals surface area (Å²) < 4.78 is 49.5. The van der Waals surface area contributed by atoms with Crippen molar-refractivity contribution in [3.8, 4) is 5.75 Å². The van der Waals surface area contributed by atoms with Crippen molar-refractivity contribution in [3.05, 3.63) is 65.8 Å². The number of ether oxygens (including phenoxy) is 4. The highest BCUT2D eigenvalue weighted by Gasteiger charge is 2.55. The minimum Gasteiger partial charge on any atom is -0.462 e. The van der Waals surface area contributed by atoms with Gasteiger partial charge in [-0.3, -0.25) is 14.1 Å². The number of allylic oxidation sites excluding steroid dienone is 3. The summed E-state index contributed by atoms with van der Waals surface area (Å²) in [5, 5.41) is 2.69. The highest BCUT2D eigenvalue weighted by atomic mass is 31.2. The van der Waals surface area contributed by atoms with Gasteiger partial charge in [-0.25, -0.2) is 4.57 Å². The van der Waals surface area contributed by atoms with E-state index in [9.17, 15) is 14.2 Å². The van der Waals surface area contributed by atoms with Crippen LogP contribution in [0.1, 0.15) is 47.5 Å². The van der Waals surface area contributed by atoms with Gasteiger partial charge in [0.25, 0.3) is 0 Å². The molecule has 2 unspecified atom stereocenters. The van der Waals surface area contributed by atoms with E-state index in [0.29, 0.717) is 24.2 Å². The van der Waals surface area contributed by atoms with Crippen molar-refractivity contribution in [3.63, 3.8) is 0 Å². The minimum atomic E-state index is -4.09. The molecule has 224 valence electrons. The van der Waals surface area contributed by atoms with Crippen LogP contribution in [-0.2, 0) is 37.6 Å². The second kappa shape index (κ2) is 13.0. The Morgan fingerprint density at radius 2 is 1.80 bits per heavy atom. The van der Waals surface area contributed by atoms with Gasteiger partial charge < -0.3 is 29.2 Å². The van der Waals surface area contributed by atoms with Crippen molar-refractivity contribution in [2.75, 3.05) is 6.61 Å². The molecule has 2 fully saturated rings. The van der Waals surface area contributed by atoms with Gasteiger partial charge in [-0.2, -0.15) is 5.09 Å². The van der Waals surface area contributed by atoms with Crippen molar-refractivity contribution in [1.29, 1.82) is 0 Å². The Kier molecular flexibility index (Phi) is 9.89. The molecule has 4 rings (SSSR count). The van der Waals surface area contributed by atoms with Crippen molar-refractivity contribution in [2.45, 2.75) is 89.8 Å². The van der Waals surface area contributed by atoms with Crippen LogP contribution in [0, 0.1) is 0 Å². The topological polar surface area (TPSA) is 145 Å². The van der Waals surface area contributed by atoms with Gasteiger partial charge in [0.15, 0.2) is 5.79 Å². The van der Waals surface area contributed by atoms with Crippen molar-refractivity contribution >= 4 is 19.6 Å². The van der Waals surface area contributed by atoms with Crippen LogP contribution in [0.5, 0.6) is 5.75 Å². The molecule has 0 aromatic heterocycles. The van der Waals surface area contributed by atoms with Crippen molar-refractivity contribution in [2.24, 2.45) is 5.73 Å². The van der Waals surface area contributed by atoms with Crippen LogP contribution < -0.4 is 15.3 Å². The summed E-state index contributed by atoms with van der Waals surface area (Å²) >= 11 is 0. The Labute approximate surface area is 240 Å². The van der Waals surface area contributed by atoms with Crippen LogP contribution in [0.4, 0.5) is 0 Å². The molecule has 0 saturated carbocycles. The molecule has 1 amide bonds. The molecule has 3 aliphatic rings. The summed E-state index contributed by atoms with van der Waals surface area (Å²) in [4.78, 5) is 24.0. The van der Waals surface area contributed by atoms with Crippen LogP contribution in [0.3, 0.4) is 0 Å². The van der Waals surface area contributed by atoms with Gasteiger partial charge in [-0.15, -0.1) is 0 Å². The molecule has 2 aliphatic heterocycles. The van der Waals surface area contributed by atoms with E-state index in [1.807, 2.05) is 19.9 Å². The third kappa shape index (κ3) is 8.38. The number of rotatable bonds is 12. The van der Waals surface area contributed by atoms with Crippen LogP contribution in [-0.4, -0.2) is 60.8 Å². The normalized spacial score (nSPS) is 27.3. The van der Waals surface area contributed by atoms with Gasteiger partial charge in [0.05, 0.1) is 18.8 Å². The predicted molar refractivity (Wildman–Crippen MR) is 151 cm³/mol. The van der Waals surface area contributed by atoms with E-state index in [1.54, 1.807) is 62.4 Å². The zero-order valence-corrected chi connectivity index (χ0v) is 24.9. The second-order valence-electron chi connectivity index (χ2n) is 10.9. The molecule has 1 aromatic rings. The molecule has 41 heavy (non-hydrogen) atoms. The largest absolute Gasteiger partial charge is 0.462 e. The zero-order valence-electron chi connectivity index (χ0n) is 24.0. The van der Waals surface area contributed by atoms with Crippen LogP contribution in [0.15, 0.2) is 65.8 Å². The first-order valence-corrected chi connectivity index (χ1v) is 15.2. The van der Waals surface area contributed by atoms with Gasteiger partial charge >= 0.3 is 13.7 Å². The number of amides is 1. The van der Waals surface area contributed by atoms with E-state index in [4.69, 9.17) is 33.7 Å². The Morgan fingerprint density at radius 3 is 2.46 bits per heavy atom. The number of fused-ring (bicyclic) bond motifs is 1. The average Bonchev–Trinajstić information content (AvgIpc) is 3.24. The number of nitrogens with two attached hydrogens (primary N) is 1. The number of nitrogens with one attached hydrogen (secondary N) is 1. The van der Waals surface area contributed by atoms with Crippen molar-refractivity contribution in [1.82, 2.24) is 5.09 Å². The number of carbonyl (C=O) groups is 2. The van der Waals surface area contributed by atoms with Gasteiger partial charge in [-0.1, -0.05) is 42.0 Å². The fraction of sp³-hybridized carbons (Fsp3) is 0.517. The number of esters is 1. The predicted octanol–water partition coefficient (Wildman–Crippen LogP) is 4.10. The molecule has 6 atom stereocenters. The summed E-state index contributed by atoms with van der Waals surface area (Å²) in [7, 11) is -4.09. The highest BCUT2D eigenvalue weighted by Crippen LogP contribution is 2.47. The average molecular weight is 591 g/mol. The van der Waals surface area contributed by atoms with Gasteiger partial charge in [-0.05, 0) is 65.7 Å². The minimum absolute atomic E-state index is 0.162. The van der Waals surface area contributed by atoms with Crippen LogP contribution >= 0.6 is 7.75 Å². The Morgan fingerprint density at radius 1 is 1.12 bits per heavy atom. The SMILES string of the molecule is CC(C)OC(=O)[C@H](C)NP(=O)(OCC1O[C@@H](CC2=CC=CC(C(N)=O)=CC2)[C@@H]2OC(C)(C)O[C@H]12)Oc1ccccc1. The molecule has 0 spiro atoms. The summed E-state index contributed by atoms with van der Waals surface area (Å²) in [5.41, 5.74) is 6.90. The maximum Gasteiger partial charge on any atom is 0.459 e. The highest BCUT2D eigenvalue weighted by molar-refractivity contribution is 7.52. The maximum absolute atomic E-state index is 13.9. The lowest BCUT2D eigenvalue weighted by atomic mass is 9.99. The molecule has 2 saturated heterocycles. The molecule has 3 N–H and O–H groups in total. The fourth-order valence-electron chi connectivity index (χ4n) is 4.83. The molecular formula is C29H39N2O9P. The summed E-state index contributed by atoms with van der Waals surface area (Å²) in [6.07, 6.45) is 5.94. The molecule has 11 nitrogen and oxygen atoms in total. The summed E-state index contributed by atoms with van der Waals surface area (Å²) in [6, 6.07) is 7.55. The van der Waals surface area contributed by atoms with E-state index < -0.39 is 49.8 Å². The third-order valence-corrected chi connectivity index (χ3v) is 8.26. The molecule has 2 heterocycles. The summed E-state index contributed by atoms with van der Waals surface area (Å²) in [5.74, 6) is -1.63. The van der Waals surface area contributed by atoms with E-state index >= 15 is 0 Å². The number of benzene rings is 1. The lowest BCUT2D eigenvalue weighted by Crippen LogP contribution is -2.38. The number of carbonyl (C=O) groups excluding carboxylic acids is 2. The van der Waals surface area contributed by atoms with Crippen molar-refractivity contribution < 1.29 is 42.1 Å². The molecule has 0 bridgehead atoms. The van der Waals surface area contributed by atoms with Crippen LogP contribution in [0.2, 0.25) is 0 Å². The summed E-state index contributed by atoms with van der Waals surface area (Å²) in [6.45, 7) is 8.46. The Bertz CT molecular complexity index is 1240. The number of para-hydroxylation sites is 1.